The molecule has 0 fully saturated rings. The molecule has 0 spiro atoms. The van der Waals surface area contributed by atoms with E-state index in [1.165, 1.54) is 5.56 Å². The first-order valence-electron chi connectivity index (χ1n) is 7.51. The molecule has 120 valence electrons. The molecule has 0 bridgehead atoms. The predicted octanol–water partition coefficient (Wildman–Crippen LogP) is 2.73. The molecule has 0 aliphatic heterocycles. The third kappa shape index (κ3) is 3.50. The third-order valence-corrected chi connectivity index (χ3v) is 4.76. The van der Waals surface area contributed by atoms with Crippen LogP contribution < -0.4 is 0 Å². The number of rotatable bonds is 6. The van der Waals surface area contributed by atoms with Gasteiger partial charge in [-0.05, 0) is 18.9 Å². The zero-order chi connectivity index (χ0) is 16.2. The highest BCUT2D eigenvalue weighted by Crippen LogP contribution is 2.32. The van der Waals surface area contributed by atoms with Crippen LogP contribution in [0.15, 0.2) is 42.9 Å². The van der Waals surface area contributed by atoms with Gasteiger partial charge in [-0.3, -0.25) is 0 Å². The largest absolute Gasteiger partial charge is 0.394 e. The summed E-state index contributed by atoms with van der Waals surface area (Å²) in [6, 6.07) is 8.18. The van der Waals surface area contributed by atoms with Gasteiger partial charge in [0.25, 0.3) is 0 Å². The van der Waals surface area contributed by atoms with Crippen molar-refractivity contribution < 1.29 is 10.2 Å². The van der Waals surface area contributed by atoms with Gasteiger partial charge in [-0.25, -0.2) is 9.97 Å². The van der Waals surface area contributed by atoms with Crippen LogP contribution >= 0.6 is 11.3 Å². The molecule has 1 aromatic carbocycles. The Morgan fingerprint density at radius 1 is 1.26 bits per heavy atom. The molecule has 0 radical (unpaired) electrons. The highest BCUT2D eigenvalue weighted by molar-refractivity contribution is 7.18. The first-order valence-corrected chi connectivity index (χ1v) is 8.33. The second-order valence-electron chi connectivity index (χ2n) is 5.41. The second kappa shape index (κ2) is 7.04. The Labute approximate surface area is 138 Å². The average Bonchev–Trinajstić information content (AvgIpc) is 3.21. The molecule has 2 heterocycles. The number of hydrogen-bond donors (Lipinski definition) is 2. The number of nitrogens with zero attached hydrogens (tertiary/aromatic N) is 3. The van der Waals surface area contributed by atoms with Crippen LogP contribution in [0.25, 0.3) is 21.3 Å². The Hall–Kier alpha value is -2.02. The van der Waals surface area contributed by atoms with Gasteiger partial charge in [0.2, 0.25) is 0 Å². The summed E-state index contributed by atoms with van der Waals surface area (Å²) in [6.45, 7) is 2.46. The summed E-state index contributed by atoms with van der Waals surface area (Å²) < 4.78 is 1.98. The maximum atomic E-state index is 9.51. The van der Waals surface area contributed by atoms with Crippen molar-refractivity contribution in [3.8, 4) is 21.3 Å². The number of imidazole rings is 1. The van der Waals surface area contributed by atoms with Crippen molar-refractivity contribution in [2.24, 2.45) is 0 Å². The van der Waals surface area contributed by atoms with Gasteiger partial charge in [-0.1, -0.05) is 24.3 Å². The summed E-state index contributed by atoms with van der Waals surface area (Å²) in [7, 11) is 0. The lowest BCUT2D eigenvalue weighted by Crippen LogP contribution is -2.15. The molecule has 3 aromatic rings. The maximum Gasteiger partial charge on any atom is 0.151 e. The third-order valence-electron chi connectivity index (χ3n) is 3.73. The van der Waals surface area contributed by atoms with E-state index in [1.807, 2.05) is 29.1 Å². The standard InChI is InChI=1S/C17H19N3O2S/c1-12-4-2-3-5-14(12)17-19-10-15(23-17)16-18-7-9-20(16)8-6-13(22)11-21/h2-5,7,9-10,13,21-22H,6,8,11H2,1H3. The van der Waals surface area contributed by atoms with E-state index in [9.17, 15) is 5.11 Å². The summed E-state index contributed by atoms with van der Waals surface area (Å²) >= 11 is 1.61. The molecular weight excluding hydrogens is 310 g/mol. The van der Waals surface area contributed by atoms with Crippen molar-refractivity contribution in [2.45, 2.75) is 26.0 Å². The number of aliphatic hydroxyl groups excluding tert-OH is 2. The minimum atomic E-state index is -0.700. The van der Waals surface area contributed by atoms with E-state index in [0.29, 0.717) is 13.0 Å². The molecule has 23 heavy (non-hydrogen) atoms. The zero-order valence-corrected chi connectivity index (χ0v) is 13.7. The van der Waals surface area contributed by atoms with Crippen LogP contribution in [-0.2, 0) is 6.54 Å². The molecule has 2 N–H and O–H groups in total. The SMILES string of the molecule is Cc1ccccc1-c1ncc(-c2nccn2CCC(O)CO)s1. The molecule has 1 unspecified atom stereocenters. The summed E-state index contributed by atoms with van der Waals surface area (Å²) in [5, 5.41) is 19.4. The molecule has 6 heteroatoms. The minimum Gasteiger partial charge on any atom is -0.394 e. The molecule has 2 aromatic heterocycles. The lowest BCUT2D eigenvalue weighted by molar-refractivity contribution is 0.0847. The summed E-state index contributed by atoms with van der Waals surface area (Å²) in [4.78, 5) is 9.93. The Kier molecular flexibility index (Phi) is 4.85. The molecule has 1 atom stereocenters. The van der Waals surface area contributed by atoms with Crippen LogP contribution in [0.2, 0.25) is 0 Å². The Bertz CT molecular complexity index is 782. The van der Waals surface area contributed by atoms with E-state index in [0.717, 1.165) is 21.3 Å². The molecule has 5 nitrogen and oxygen atoms in total. The van der Waals surface area contributed by atoms with Gasteiger partial charge in [0.1, 0.15) is 5.01 Å². The van der Waals surface area contributed by atoms with E-state index in [2.05, 4.69) is 29.0 Å². The number of hydrogen-bond acceptors (Lipinski definition) is 5. The number of benzene rings is 1. The van der Waals surface area contributed by atoms with E-state index >= 15 is 0 Å². The Balaban J connectivity index is 1.84. The van der Waals surface area contributed by atoms with Gasteiger partial charge in [-0.2, -0.15) is 0 Å². The molecule has 3 rings (SSSR count). The van der Waals surface area contributed by atoms with E-state index in [4.69, 9.17) is 5.11 Å². The smallest absolute Gasteiger partial charge is 0.151 e. The van der Waals surface area contributed by atoms with Crippen molar-refractivity contribution in [1.29, 1.82) is 0 Å². The molecular formula is C17H19N3O2S. The van der Waals surface area contributed by atoms with Crippen molar-refractivity contribution in [2.75, 3.05) is 6.61 Å². The van der Waals surface area contributed by atoms with Crippen LogP contribution in [0.4, 0.5) is 0 Å². The number of aliphatic hydroxyl groups is 2. The highest BCUT2D eigenvalue weighted by atomic mass is 32.1. The van der Waals surface area contributed by atoms with Gasteiger partial charge in [0.15, 0.2) is 5.82 Å². The molecule has 0 aliphatic carbocycles. The van der Waals surface area contributed by atoms with Crippen LogP contribution in [0, 0.1) is 6.92 Å². The number of aromatic nitrogens is 3. The Morgan fingerprint density at radius 3 is 2.87 bits per heavy atom. The summed E-state index contributed by atoms with van der Waals surface area (Å²) in [6.07, 6.45) is 5.26. The number of thiazole rings is 1. The topological polar surface area (TPSA) is 71.2 Å². The fraction of sp³-hybridized carbons (Fsp3) is 0.294. The molecule has 0 saturated heterocycles. The lowest BCUT2D eigenvalue weighted by atomic mass is 10.1. The van der Waals surface area contributed by atoms with Crippen molar-refractivity contribution in [1.82, 2.24) is 14.5 Å². The Morgan fingerprint density at radius 2 is 2.09 bits per heavy atom. The number of aryl methyl sites for hydroxylation is 2. The van der Waals surface area contributed by atoms with Crippen LogP contribution in [0.5, 0.6) is 0 Å². The van der Waals surface area contributed by atoms with E-state index in [-0.39, 0.29) is 6.61 Å². The predicted molar refractivity (Wildman–Crippen MR) is 91.2 cm³/mol. The average molecular weight is 329 g/mol. The minimum absolute atomic E-state index is 0.220. The van der Waals surface area contributed by atoms with Gasteiger partial charge in [-0.15, -0.1) is 11.3 Å². The van der Waals surface area contributed by atoms with E-state index < -0.39 is 6.10 Å². The zero-order valence-electron chi connectivity index (χ0n) is 12.9. The first kappa shape index (κ1) is 15.9. The summed E-state index contributed by atoms with van der Waals surface area (Å²) in [5.74, 6) is 0.840. The van der Waals surface area contributed by atoms with Gasteiger partial charge < -0.3 is 14.8 Å². The monoisotopic (exact) mass is 329 g/mol. The van der Waals surface area contributed by atoms with Crippen LogP contribution in [-0.4, -0.2) is 37.5 Å². The highest BCUT2D eigenvalue weighted by Gasteiger charge is 2.13. The second-order valence-corrected chi connectivity index (χ2v) is 6.44. The first-order chi connectivity index (χ1) is 11.2. The van der Waals surface area contributed by atoms with Crippen LogP contribution in [0.1, 0.15) is 12.0 Å². The molecule has 0 amide bonds. The quantitative estimate of drug-likeness (QED) is 0.729. The normalized spacial score (nSPS) is 12.5. The van der Waals surface area contributed by atoms with Gasteiger partial charge in [0, 0.05) is 30.7 Å². The van der Waals surface area contributed by atoms with E-state index in [1.54, 1.807) is 17.5 Å². The van der Waals surface area contributed by atoms with Gasteiger partial charge >= 0.3 is 0 Å². The van der Waals surface area contributed by atoms with Crippen molar-refractivity contribution in [3.05, 3.63) is 48.4 Å². The van der Waals surface area contributed by atoms with Gasteiger partial charge in [0.05, 0.1) is 17.6 Å². The molecule has 0 aliphatic rings. The van der Waals surface area contributed by atoms with Crippen molar-refractivity contribution in [3.63, 3.8) is 0 Å². The fourth-order valence-corrected chi connectivity index (χ4v) is 3.43. The lowest BCUT2D eigenvalue weighted by Gasteiger charge is -2.09. The van der Waals surface area contributed by atoms with Crippen molar-refractivity contribution >= 4 is 11.3 Å². The fourth-order valence-electron chi connectivity index (χ4n) is 2.41. The summed E-state index contributed by atoms with van der Waals surface area (Å²) in [5.41, 5.74) is 2.33. The van der Waals surface area contributed by atoms with Crippen LogP contribution in [0.3, 0.4) is 0 Å². The maximum absolute atomic E-state index is 9.51. The molecule has 0 saturated carbocycles.